The van der Waals surface area contributed by atoms with Gasteiger partial charge in [0.2, 0.25) is 0 Å². The first-order chi connectivity index (χ1) is 11.4. The van der Waals surface area contributed by atoms with Gasteiger partial charge in [-0.3, -0.25) is 14.5 Å². The van der Waals surface area contributed by atoms with E-state index in [4.69, 9.17) is 0 Å². The molecule has 0 unspecified atom stereocenters. The van der Waals surface area contributed by atoms with Crippen molar-refractivity contribution in [3.05, 3.63) is 47.5 Å². The van der Waals surface area contributed by atoms with Gasteiger partial charge >= 0.3 is 6.18 Å². The zero-order chi connectivity index (χ0) is 17.3. The van der Waals surface area contributed by atoms with Crippen LogP contribution in [0.15, 0.2) is 30.7 Å². The lowest BCUT2D eigenvalue weighted by Gasteiger charge is -2.32. The lowest BCUT2D eigenvalue weighted by atomic mass is 9.93. The van der Waals surface area contributed by atoms with E-state index >= 15 is 0 Å². The minimum absolute atomic E-state index is 0.262. The highest BCUT2D eigenvalue weighted by atomic mass is 19.4. The smallest absolute Gasteiger partial charge is 0.339 e. The SMILES string of the molecule is Cn1nccc1C1CCN(C(=O)c2cnccc2C(F)(F)F)CC1. The normalized spacial score (nSPS) is 16.4. The number of hydrogen-bond acceptors (Lipinski definition) is 3. The summed E-state index contributed by atoms with van der Waals surface area (Å²) >= 11 is 0. The number of carbonyl (C=O) groups is 1. The average Bonchev–Trinajstić information content (AvgIpc) is 2.99. The molecule has 0 radical (unpaired) electrons. The number of pyridine rings is 1. The number of hydrogen-bond donors (Lipinski definition) is 0. The summed E-state index contributed by atoms with van der Waals surface area (Å²) in [6.07, 6.45) is 0.603. The zero-order valence-corrected chi connectivity index (χ0v) is 13.1. The van der Waals surface area contributed by atoms with E-state index < -0.39 is 17.6 Å². The van der Waals surface area contributed by atoms with Gasteiger partial charge in [0, 0.05) is 50.3 Å². The average molecular weight is 338 g/mol. The molecule has 1 aliphatic heterocycles. The highest BCUT2D eigenvalue weighted by Crippen LogP contribution is 2.33. The van der Waals surface area contributed by atoms with Gasteiger partial charge < -0.3 is 4.90 Å². The van der Waals surface area contributed by atoms with Crippen molar-refractivity contribution in [3.63, 3.8) is 0 Å². The van der Waals surface area contributed by atoms with Crippen LogP contribution in [-0.4, -0.2) is 38.7 Å². The first-order valence-electron chi connectivity index (χ1n) is 7.66. The number of carbonyl (C=O) groups excluding carboxylic acids is 1. The summed E-state index contributed by atoms with van der Waals surface area (Å²) in [5, 5.41) is 4.14. The topological polar surface area (TPSA) is 51.0 Å². The summed E-state index contributed by atoms with van der Waals surface area (Å²) in [7, 11) is 1.86. The fourth-order valence-corrected chi connectivity index (χ4v) is 3.15. The highest BCUT2D eigenvalue weighted by molar-refractivity contribution is 5.95. The third-order valence-corrected chi connectivity index (χ3v) is 4.42. The predicted molar refractivity (Wildman–Crippen MR) is 80.3 cm³/mol. The van der Waals surface area contributed by atoms with Crippen LogP contribution in [0, 0.1) is 0 Å². The lowest BCUT2D eigenvalue weighted by Crippen LogP contribution is -2.39. The summed E-state index contributed by atoms with van der Waals surface area (Å²) in [6.45, 7) is 0.835. The molecule has 24 heavy (non-hydrogen) atoms. The molecule has 3 rings (SSSR count). The van der Waals surface area contributed by atoms with Gasteiger partial charge in [0.15, 0.2) is 0 Å². The fourth-order valence-electron chi connectivity index (χ4n) is 3.15. The van der Waals surface area contributed by atoms with Gasteiger partial charge in [0.05, 0.1) is 11.1 Å². The molecule has 0 N–H and O–H groups in total. The second-order valence-corrected chi connectivity index (χ2v) is 5.87. The van der Waals surface area contributed by atoms with E-state index in [1.165, 1.54) is 4.90 Å². The molecule has 8 heteroatoms. The molecule has 1 saturated heterocycles. The number of aromatic nitrogens is 3. The van der Waals surface area contributed by atoms with Crippen molar-refractivity contribution in [2.45, 2.75) is 24.9 Å². The van der Waals surface area contributed by atoms with Crippen LogP contribution in [0.2, 0.25) is 0 Å². The van der Waals surface area contributed by atoms with E-state index in [2.05, 4.69) is 10.1 Å². The minimum atomic E-state index is -4.57. The number of piperidine rings is 1. The zero-order valence-electron chi connectivity index (χ0n) is 13.1. The van der Waals surface area contributed by atoms with Crippen LogP contribution in [0.5, 0.6) is 0 Å². The van der Waals surface area contributed by atoms with Crippen molar-refractivity contribution >= 4 is 5.91 Å². The second kappa shape index (κ2) is 6.26. The fraction of sp³-hybridized carbons (Fsp3) is 0.438. The van der Waals surface area contributed by atoms with Gasteiger partial charge in [-0.05, 0) is 25.0 Å². The Balaban J connectivity index is 1.74. The molecule has 2 aromatic heterocycles. The quantitative estimate of drug-likeness (QED) is 0.846. The van der Waals surface area contributed by atoms with E-state index in [-0.39, 0.29) is 11.5 Å². The molecule has 128 valence electrons. The first kappa shape index (κ1) is 16.5. The molecule has 1 fully saturated rings. The van der Waals surface area contributed by atoms with Crippen molar-refractivity contribution < 1.29 is 18.0 Å². The molecular formula is C16H17F3N4O. The van der Waals surface area contributed by atoms with Crippen molar-refractivity contribution in [1.29, 1.82) is 0 Å². The van der Waals surface area contributed by atoms with Crippen molar-refractivity contribution in [3.8, 4) is 0 Å². The van der Waals surface area contributed by atoms with Crippen LogP contribution >= 0.6 is 0 Å². The Morgan fingerprint density at radius 1 is 1.21 bits per heavy atom. The molecule has 0 aliphatic carbocycles. The molecule has 0 bridgehead atoms. The molecule has 0 saturated carbocycles. The summed E-state index contributed by atoms with van der Waals surface area (Å²) in [5.41, 5.74) is -0.236. The van der Waals surface area contributed by atoms with E-state index in [1.807, 2.05) is 13.1 Å². The van der Waals surface area contributed by atoms with Crippen molar-refractivity contribution in [2.24, 2.45) is 7.05 Å². The second-order valence-electron chi connectivity index (χ2n) is 5.87. The third-order valence-electron chi connectivity index (χ3n) is 4.42. The molecule has 0 spiro atoms. The van der Waals surface area contributed by atoms with Crippen LogP contribution in [0.1, 0.15) is 40.4 Å². The maximum absolute atomic E-state index is 13.1. The van der Waals surface area contributed by atoms with Crippen LogP contribution in [0.25, 0.3) is 0 Å². The Morgan fingerprint density at radius 2 is 1.92 bits per heavy atom. The van der Waals surface area contributed by atoms with Gasteiger partial charge in [0.1, 0.15) is 0 Å². The molecule has 1 aliphatic rings. The van der Waals surface area contributed by atoms with Gasteiger partial charge in [-0.25, -0.2) is 0 Å². The third kappa shape index (κ3) is 3.13. The van der Waals surface area contributed by atoms with E-state index in [0.29, 0.717) is 25.9 Å². The number of alkyl halides is 3. The summed E-state index contributed by atoms with van der Waals surface area (Å²) in [4.78, 5) is 17.6. The Kier molecular flexibility index (Phi) is 4.29. The number of rotatable bonds is 2. The Bertz CT molecular complexity index is 733. The maximum atomic E-state index is 13.1. The predicted octanol–water partition coefficient (Wildman–Crippen LogP) is 2.85. The number of halogens is 3. The Morgan fingerprint density at radius 3 is 2.50 bits per heavy atom. The van der Waals surface area contributed by atoms with Crippen LogP contribution in [-0.2, 0) is 13.2 Å². The first-order valence-corrected chi connectivity index (χ1v) is 7.66. The van der Waals surface area contributed by atoms with Gasteiger partial charge in [0.25, 0.3) is 5.91 Å². The molecule has 2 aromatic rings. The molecule has 0 aromatic carbocycles. The van der Waals surface area contributed by atoms with Gasteiger partial charge in [-0.1, -0.05) is 0 Å². The summed E-state index contributed by atoms with van der Waals surface area (Å²) in [6, 6.07) is 2.78. The Hall–Kier alpha value is -2.38. The number of nitrogens with zero attached hydrogens (tertiary/aromatic N) is 4. The number of likely N-dealkylation sites (tertiary alicyclic amines) is 1. The van der Waals surface area contributed by atoms with Crippen molar-refractivity contribution in [2.75, 3.05) is 13.1 Å². The monoisotopic (exact) mass is 338 g/mol. The largest absolute Gasteiger partial charge is 0.417 e. The molecule has 0 atom stereocenters. The molecular weight excluding hydrogens is 321 g/mol. The Labute approximate surface area is 137 Å². The standard InChI is InChI=1S/C16H17F3N4O/c1-22-14(3-7-21-22)11-4-8-23(9-5-11)15(24)12-10-20-6-2-13(12)16(17,18)19/h2-3,6-7,10-11H,4-5,8-9H2,1H3. The summed E-state index contributed by atoms with van der Waals surface area (Å²) < 4.78 is 41.0. The van der Waals surface area contributed by atoms with E-state index in [9.17, 15) is 18.0 Å². The molecule has 1 amide bonds. The molecule has 3 heterocycles. The minimum Gasteiger partial charge on any atom is -0.339 e. The van der Waals surface area contributed by atoms with Crippen LogP contribution in [0.4, 0.5) is 13.2 Å². The van der Waals surface area contributed by atoms with Crippen LogP contribution in [0.3, 0.4) is 0 Å². The highest BCUT2D eigenvalue weighted by Gasteiger charge is 2.37. The van der Waals surface area contributed by atoms with Gasteiger partial charge in [-0.2, -0.15) is 18.3 Å². The number of aryl methyl sites for hydroxylation is 1. The maximum Gasteiger partial charge on any atom is 0.417 e. The number of amides is 1. The lowest BCUT2D eigenvalue weighted by molar-refractivity contribution is -0.138. The van der Waals surface area contributed by atoms with Gasteiger partial charge in [-0.15, -0.1) is 0 Å². The van der Waals surface area contributed by atoms with E-state index in [1.54, 1.807) is 10.9 Å². The van der Waals surface area contributed by atoms with Crippen LogP contribution < -0.4 is 0 Å². The summed E-state index contributed by atoms with van der Waals surface area (Å²) in [5.74, 6) is -0.351. The van der Waals surface area contributed by atoms with Crippen molar-refractivity contribution in [1.82, 2.24) is 19.7 Å². The van der Waals surface area contributed by atoms with E-state index in [0.717, 1.165) is 24.2 Å². The molecule has 5 nitrogen and oxygen atoms in total.